The summed E-state index contributed by atoms with van der Waals surface area (Å²) >= 11 is 0. The highest BCUT2D eigenvalue weighted by Crippen LogP contribution is 2.31. The van der Waals surface area contributed by atoms with E-state index in [1.54, 1.807) is 18.2 Å². The maximum atomic E-state index is 11.4. The van der Waals surface area contributed by atoms with Gasteiger partial charge in [-0.15, -0.1) is 0 Å². The second-order valence-electron chi connectivity index (χ2n) is 6.80. The van der Waals surface area contributed by atoms with Crippen molar-refractivity contribution in [2.24, 2.45) is 0 Å². The molecule has 1 fully saturated rings. The molecule has 1 aromatic heterocycles. The number of aromatic hydroxyl groups is 1. The van der Waals surface area contributed by atoms with E-state index in [9.17, 15) is 15.0 Å². The summed E-state index contributed by atoms with van der Waals surface area (Å²) in [5.41, 5.74) is 1.31. The van der Waals surface area contributed by atoms with Gasteiger partial charge in [0.05, 0.1) is 11.1 Å². The number of hydrogen-bond donors (Lipinski definition) is 3. The average Bonchev–Trinajstić information content (AvgIpc) is 3.02. The van der Waals surface area contributed by atoms with Crippen molar-refractivity contribution in [3.63, 3.8) is 0 Å². The number of phenolic OH excluding ortho intramolecular Hbond substituents is 1. The van der Waals surface area contributed by atoms with E-state index in [1.807, 2.05) is 42.3 Å². The van der Waals surface area contributed by atoms with Crippen LogP contribution in [0.15, 0.2) is 48.5 Å². The second kappa shape index (κ2) is 6.85. The summed E-state index contributed by atoms with van der Waals surface area (Å²) in [5.74, 6) is 0.369. The number of carboxylic acids is 1. The molecular weight excluding hydrogens is 344 g/mol. The quantitative estimate of drug-likeness (QED) is 0.654. The van der Waals surface area contributed by atoms with Gasteiger partial charge in [-0.3, -0.25) is 9.69 Å². The maximum Gasteiger partial charge on any atom is 0.320 e. The molecule has 0 spiro atoms. The number of phenols is 1. The van der Waals surface area contributed by atoms with Gasteiger partial charge in [-0.25, -0.2) is 9.97 Å². The van der Waals surface area contributed by atoms with Crippen LogP contribution in [0.25, 0.3) is 22.3 Å². The van der Waals surface area contributed by atoms with E-state index < -0.39 is 12.0 Å². The van der Waals surface area contributed by atoms with Crippen molar-refractivity contribution in [3.8, 4) is 17.1 Å². The number of rotatable bonds is 4. The summed E-state index contributed by atoms with van der Waals surface area (Å²) in [7, 11) is 1.81. The highest BCUT2D eigenvalue weighted by molar-refractivity contribution is 5.91. The van der Waals surface area contributed by atoms with E-state index in [2.05, 4.69) is 15.3 Å². The van der Waals surface area contributed by atoms with Crippen molar-refractivity contribution in [2.75, 3.05) is 18.9 Å². The Bertz CT molecular complexity index is 1010. The van der Waals surface area contributed by atoms with E-state index in [0.29, 0.717) is 30.2 Å². The Hall–Kier alpha value is -3.19. The summed E-state index contributed by atoms with van der Waals surface area (Å²) in [5, 5.41) is 23.8. The summed E-state index contributed by atoms with van der Waals surface area (Å²) in [6.45, 7) is 0.612. The van der Waals surface area contributed by atoms with Gasteiger partial charge >= 0.3 is 5.97 Å². The first kappa shape index (κ1) is 17.2. The molecule has 0 saturated carbocycles. The number of anilines is 1. The zero-order valence-electron chi connectivity index (χ0n) is 14.8. The molecule has 0 aliphatic carbocycles. The van der Waals surface area contributed by atoms with Gasteiger partial charge in [0.1, 0.15) is 17.6 Å². The van der Waals surface area contributed by atoms with Crippen molar-refractivity contribution in [1.82, 2.24) is 14.9 Å². The predicted molar refractivity (Wildman–Crippen MR) is 103 cm³/mol. The van der Waals surface area contributed by atoms with Gasteiger partial charge in [0, 0.05) is 18.0 Å². The third kappa shape index (κ3) is 3.29. The Kier molecular flexibility index (Phi) is 4.37. The predicted octanol–water partition coefficient (Wildman–Crippen LogP) is 2.57. The number of hydrogen-bond acceptors (Lipinski definition) is 6. The van der Waals surface area contributed by atoms with Gasteiger partial charge in [-0.05, 0) is 37.7 Å². The Labute approximate surface area is 156 Å². The lowest BCUT2D eigenvalue weighted by molar-refractivity contribution is -0.141. The second-order valence-corrected chi connectivity index (χ2v) is 6.80. The third-order valence-electron chi connectivity index (χ3n) is 4.92. The number of aliphatic carboxylic acids is 1. The zero-order valence-corrected chi connectivity index (χ0v) is 14.8. The first-order chi connectivity index (χ1) is 13.0. The molecule has 27 heavy (non-hydrogen) atoms. The van der Waals surface area contributed by atoms with E-state index >= 15 is 0 Å². The number of likely N-dealkylation sites (tertiary alicyclic amines) is 1. The molecule has 1 aliphatic heterocycles. The number of carbonyl (C=O) groups is 1. The molecule has 7 heteroatoms. The molecule has 0 bridgehead atoms. The van der Waals surface area contributed by atoms with Crippen LogP contribution >= 0.6 is 0 Å². The standard InChI is InChI=1S/C20H20N4O3/c1-24-11-12(10-16(24)20(26)27)21-18-13-6-2-4-8-15(13)22-19(23-18)14-7-3-5-9-17(14)25/h2-9,12,16,25H,10-11H2,1H3,(H,26,27)(H,21,22,23)/t12-,16+/m0/s1. The normalized spacial score (nSPS) is 20.0. The zero-order chi connectivity index (χ0) is 19.0. The molecule has 2 atom stereocenters. The maximum absolute atomic E-state index is 11.4. The number of aromatic nitrogens is 2. The minimum absolute atomic E-state index is 0.0355. The molecule has 1 saturated heterocycles. The Balaban J connectivity index is 1.74. The number of fused-ring (bicyclic) bond motifs is 1. The van der Waals surface area contributed by atoms with E-state index in [1.165, 1.54) is 0 Å². The van der Waals surface area contributed by atoms with Crippen molar-refractivity contribution >= 4 is 22.7 Å². The van der Waals surface area contributed by atoms with Gasteiger partial charge in [0.15, 0.2) is 5.82 Å². The van der Waals surface area contributed by atoms with Gasteiger partial charge < -0.3 is 15.5 Å². The Morgan fingerprint density at radius 2 is 1.89 bits per heavy atom. The van der Waals surface area contributed by atoms with Crippen molar-refractivity contribution in [3.05, 3.63) is 48.5 Å². The van der Waals surface area contributed by atoms with Gasteiger partial charge in [-0.2, -0.15) is 0 Å². The molecule has 138 valence electrons. The minimum Gasteiger partial charge on any atom is -0.507 e. The lowest BCUT2D eigenvalue weighted by atomic mass is 10.1. The number of carboxylic acid groups (broad SMARTS) is 1. The summed E-state index contributed by atoms with van der Waals surface area (Å²) in [4.78, 5) is 22.4. The summed E-state index contributed by atoms with van der Waals surface area (Å²) in [6, 6.07) is 14.0. The number of benzene rings is 2. The number of para-hydroxylation sites is 2. The van der Waals surface area contributed by atoms with Crippen LogP contribution in [-0.4, -0.2) is 56.7 Å². The average molecular weight is 364 g/mol. The molecule has 0 amide bonds. The number of likely N-dealkylation sites (N-methyl/N-ethyl adjacent to an activating group) is 1. The highest BCUT2D eigenvalue weighted by atomic mass is 16.4. The van der Waals surface area contributed by atoms with Crippen LogP contribution in [0.3, 0.4) is 0 Å². The van der Waals surface area contributed by atoms with Crippen LogP contribution in [0.4, 0.5) is 5.82 Å². The molecule has 2 aromatic carbocycles. The van der Waals surface area contributed by atoms with Gasteiger partial charge in [-0.1, -0.05) is 24.3 Å². The molecule has 7 nitrogen and oxygen atoms in total. The fourth-order valence-corrected chi connectivity index (χ4v) is 3.56. The van der Waals surface area contributed by atoms with Crippen LogP contribution in [0.2, 0.25) is 0 Å². The smallest absolute Gasteiger partial charge is 0.320 e. The minimum atomic E-state index is -0.816. The van der Waals surface area contributed by atoms with Crippen LogP contribution in [0.1, 0.15) is 6.42 Å². The molecule has 4 rings (SSSR count). The molecule has 2 heterocycles. The topological polar surface area (TPSA) is 98.6 Å². The fraction of sp³-hybridized carbons (Fsp3) is 0.250. The fourth-order valence-electron chi connectivity index (χ4n) is 3.56. The first-order valence-corrected chi connectivity index (χ1v) is 8.77. The van der Waals surface area contributed by atoms with Crippen LogP contribution in [0.5, 0.6) is 5.75 Å². The highest BCUT2D eigenvalue weighted by Gasteiger charge is 2.34. The van der Waals surface area contributed by atoms with E-state index in [4.69, 9.17) is 0 Å². The SMILES string of the molecule is CN1C[C@@H](Nc2nc(-c3ccccc3O)nc3ccccc23)C[C@@H]1C(=O)O. The third-order valence-corrected chi connectivity index (χ3v) is 4.92. The molecule has 0 radical (unpaired) electrons. The summed E-state index contributed by atoms with van der Waals surface area (Å²) in [6.07, 6.45) is 0.496. The van der Waals surface area contributed by atoms with Crippen molar-refractivity contribution in [2.45, 2.75) is 18.5 Å². The van der Waals surface area contributed by atoms with Crippen molar-refractivity contribution in [1.29, 1.82) is 0 Å². The molecule has 3 aromatic rings. The van der Waals surface area contributed by atoms with Crippen LogP contribution in [-0.2, 0) is 4.79 Å². The van der Waals surface area contributed by atoms with E-state index in [-0.39, 0.29) is 11.8 Å². The number of nitrogens with zero attached hydrogens (tertiary/aromatic N) is 3. The first-order valence-electron chi connectivity index (χ1n) is 8.77. The molecule has 3 N–H and O–H groups in total. The molecular formula is C20H20N4O3. The Morgan fingerprint density at radius 3 is 2.63 bits per heavy atom. The van der Waals surface area contributed by atoms with E-state index in [0.717, 1.165) is 10.9 Å². The summed E-state index contributed by atoms with van der Waals surface area (Å²) < 4.78 is 0. The van der Waals surface area contributed by atoms with Gasteiger partial charge in [0.2, 0.25) is 0 Å². The lowest BCUT2D eigenvalue weighted by Gasteiger charge is -2.16. The monoisotopic (exact) mass is 364 g/mol. The van der Waals surface area contributed by atoms with Gasteiger partial charge in [0.25, 0.3) is 0 Å². The molecule has 1 aliphatic rings. The van der Waals surface area contributed by atoms with Crippen LogP contribution < -0.4 is 5.32 Å². The lowest BCUT2D eigenvalue weighted by Crippen LogP contribution is -2.32. The Morgan fingerprint density at radius 1 is 1.15 bits per heavy atom. The largest absolute Gasteiger partial charge is 0.507 e. The molecule has 0 unspecified atom stereocenters. The van der Waals surface area contributed by atoms with Crippen molar-refractivity contribution < 1.29 is 15.0 Å². The van der Waals surface area contributed by atoms with Crippen LogP contribution in [0, 0.1) is 0 Å². The number of nitrogens with one attached hydrogen (secondary N) is 1.